The van der Waals surface area contributed by atoms with Crippen molar-refractivity contribution in [1.29, 1.82) is 0 Å². The molecule has 0 saturated heterocycles. The average Bonchev–Trinajstić information content (AvgIpc) is 2.53. The molecule has 0 fully saturated rings. The molecule has 1 aromatic heterocycles. The lowest BCUT2D eigenvalue weighted by Crippen LogP contribution is -2.40. The van der Waals surface area contributed by atoms with Gasteiger partial charge >= 0.3 is 0 Å². The number of nitrogens with two attached hydrogens (primary N) is 1. The summed E-state index contributed by atoms with van der Waals surface area (Å²) in [7, 11) is 1.92. The maximum absolute atomic E-state index is 9.03. The van der Waals surface area contributed by atoms with Crippen LogP contribution in [0.15, 0.2) is 16.5 Å². The van der Waals surface area contributed by atoms with Crippen molar-refractivity contribution in [2.24, 2.45) is 5.73 Å². The molecule has 0 amide bonds. The Morgan fingerprint density at radius 1 is 1.57 bits per heavy atom. The minimum atomic E-state index is 0.000376. The molecule has 1 rings (SSSR count). The van der Waals surface area contributed by atoms with Crippen LogP contribution in [-0.4, -0.2) is 36.2 Å². The molecule has 0 bridgehead atoms. The topological polar surface area (TPSA) is 62.6 Å². The maximum Gasteiger partial charge on any atom is 0.118 e. The van der Waals surface area contributed by atoms with Crippen molar-refractivity contribution in [3.63, 3.8) is 0 Å². The number of hydrogen-bond acceptors (Lipinski definition) is 4. The highest BCUT2D eigenvalue weighted by Crippen LogP contribution is 2.09. The predicted octanol–water partition coefficient (Wildman–Crippen LogP) is 0.339. The molecule has 4 heteroatoms. The van der Waals surface area contributed by atoms with Crippen LogP contribution in [0.25, 0.3) is 0 Å². The van der Waals surface area contributed by atoms with E-state index in [9.17, 15) is 0 Å². The lowest BCUT2D eigenvalue weighted by atomic mass is 10.2. The van der Waals surface area contributed by atoms with E-state index in [1.807, 2.05) is 31.0 Å². The molecule has 0 radical (unpaired) electrons. The van der Waals surface area contributed by atoms with Crippen LogP contribution in [0.4, 0.5) is 0 Å². The lowest BCUT2D eigenvalue weighted by molar-refractivity contribution is 0.139. The summed E-state index contributed by atoms with van der Waals surface area (Å²) in [4.78, 5) is 1.98. The molecule has 3 N–H and O–H groups in total. The Morgan fingerprint density at radius 3 is 2.71 bits per heavy atom. The van der Waals surface area contributed by atoms with Crippen LogP contribution in [-0.2, 0) is 6.54 Å². The van der Waals surface area contributed by atoms with Gasteiger partial charge in [0.15, 0.2) is 0 Å². The number of hydrogen-bond donors (Lipinski definition) is 2. The highest BCUT2D eigenvalue weighted by molar-refractivity contribution is 5.05. The fourth-order valence-electron chi connectivity index (χ4n) is 1.34. The average molecular weight is 198 g/mol. The molecule has 0 aliphatic carbocycles. The monoisotopic (exact) mass is 198 g/mol. The molecule has 0 aromatic carbocycles. The molecule has 1 heterocycles. The molecule has 14 heavy (non-hydrogen) atoms. The molecule has 1 atom stereocenters. The van der Waals surface area contributed by atoms with Crippen LogP contribution in [0.1, 0.15) is 11.5 Å². The molecule has 1 unspecified atom stereocenters. The third-order valence-corrected chi connectivity index (χ3v) is 2.31. The van der Waals surface area contributed by atoms with Crippen molar-refractivity contribution in [2.45, 2.75) is 19.5 Å². The number of rotatable bonds is 5. The van der Waals surface area contributed by atoms with Crippen LogP contribution in [0, 0.1) is 6.92 Å². The maximum atomic E-state index is 9.03. The van der Waals surface area contributed by atoms with Gasteiger partial charge in [-0.15, -0.1) is 0 Å². The lowest BCUT2D eigenvalue weighted by Gasteiger charge is -2.23. The summed E-state index contributed by atoms with van der Waals surface area (Å²) >= 11 is 0. The van der Waals surface area contributed by atoms with E-state index in [2.05, 4.69) is 0 Å². The highest BCUT2D eigenvalue weighted by Gasteiger charge is 2.13. The Bertz CT molecular complexity index is 269. The van der Waals surface area contributed by atoms with Gasteiger partial charge in [0.1, 0.15) is 11.5 Å². The zero-order chi connectivity index (χ0) is 10.6. The van der Waals surface area contributed by atoms with E-state index in [4.69, 9.17) is 15.3 Å². The normalized spacial score (nSPS) is 13.5. The molecule has 0 aliphatic heterocycles. The fourth-order valence-corrected chi connectivity index (χ4v) is 1.34. The van der Waals surface area contributed by atoms with Gasteiger partial charge in [-0.3, -0.25) is 4.90 Å². The van der Waals surface area contributed by atoms with Gasteiger partial charge in [0.2, 0.25) is 0 Å². The van der Waals surface area contributed by atoms with Crippen molar-refractivity contribution in [2.75, 3.05) is 20.2 Å². The summed E-state index contributed by atoms with van der Waals surface area (Å²) < 4.78 is 5.43. The van der Waals surface area contributed by atoms with E-state index >= 15 is 0 Å². The summed E-state index contributed by atoms with van der Waals surface area (Å²) in [5, 5.41) is 9.03. The smallest absolute Gasteiger partial charge is 0.118 e. The molecular weight excluding hydrogens is 180 g/mol. The summed E-state index contributed by atoms with van der Waals surface area (Å²) in [6.45, 7) is 3.12. The quantitative estimate of drug-likeness (QED) is 0.716. The van der Waals surface area contributed by atoms with Crippen LogP contribution < -0.4 is 5.73 Å². The Balaban J connectivity index is 2.51. The van der Waals surface area contributed by atoms with E-state index in [1.165, 1.54) is 0 Å². The Hall–Kier alpha value is -0.840. The van der Waals surface area contributed by atoms with E-state index < -0.39 is 0 Å². The van der Waals surface area contributed by atoms with Crippen LogP contribution in [0.5, 0.6) is 0 Å². The molecule has 0 aliphatic rings. The standard InChI is InChI=1S/C10H18N2O2/c1-8-3-4-10(14-8)6-12(2)9(5-11)7-13/h3-4,9,13H,5-7,11H2,1-2H3. The number of aliphatic hydroxyl groups is 1. The first-order valence-electron chi connectivity index (χ1n) is 4.74. The summed E-state index contributed by atoms with van der Waals surface area (Å²) in [6, 6.07) is 3.87. The summed E-state index contributed by atoms with van der Waals surface area (Å²) in [5.41, 5.74) is 5.51. The molecule has 80 valence electrons. The first-order chi connectivity index (χ1) is 6.67. The van der Waals surface area contributed by atoms with E-state index in [0.29, 0.717) is 13.1 Å². The first-order valence-corrected chi connectivity index (χ1v) is 4.74. The highest BCUT2D eigenvalue weighted by atomic mass is 16.3. The predicted molar refractivity (Wildman–Crippen MR) is 54.8 cm³/mol. The Labute approximate surface area is 84.3 Å². The number of aliphatic hydroxyl groups excluding tert-OH is 1. The van der Waals surface area contributed by atoms with Crippen LogP contribution in [0.2, 0.25) is 0 Å². The second-order valence-corrected chi connectivity index (χ2v) is 3.50. The van der Waals surface area contributed by atoms with Gasteiger partial charge in [-0.25, -0.2) is 0 Å². The molecular formula is C10H18N2O2. The van der Waals surface area contributed by atoms with Crippen LogP contribution in [0.3, 0.4) is 0 Å². The van der Waals surface area contributed by atoms with Gasteiger partial charge in [0.05, 0.1) is 13.2 Å². The Morgan fingerprint density at radius 2 is 2.29 bits per heavy atom. The van der Waals surface area contributed by atoms with Crippen molar-refractivity contribution in [3.05, 3.63) is 23.7 Å². The zero-order valence-corrected chi connectivity index (χ0v) is 8.73. The Kier molecular flexibility index (Phi) is 4.13. The largest absolute Gasteiger partial charge is 0.465 e. The van der Waals surface area contributed by atoms with Crippen molar-refractivity contribution >= 4 is 0 Å². The number of nitrogens with zero attached hydrogens (tertiary/aromatic N) is 1. The minimum absolute atomic E-state index is 0.000376. The summed E-state index contributed by atoms with van der Waals surface area (Å²) in [5.74, 6) is 1.80. The van der Waals surface area contributed by atoms with Gasteiger partial charge in [-0.2, -0.15) is 0 Å². The minimum Gasteiger partial charge on any atom is -0.465 e. The number of aryl methyl sites for hydroxylation is 1. The van der Waals surface area contributed by atoms with E-state index in [0.717, 1.165) is 11.5 Å². The molecule has 0 spiro atoms. The van der Waals surface area contributed by atoms with Gasteiger partial charge < -0.3 is 15.3 Å². The third-order valence-electron chi connectivity index (χ3n) is 2.31. The fraction of sp³-hybridized carbons (Fsp3) is 0.600. The first kappa shape index (κ1) is 11.2. The van der Waals surface area contributed by atoms with Crippen molar-refractivity contribution < 1.29 is 9.52 Å². The molecule has 0 saturated carbocycles. The van der Waals surface area contributed by atoms with Gasteiger partial charge in [-0.1, -0.05) is 0 Å². The second-order valence-electron chi connectivity index (χ2n) is 3.50. The summed E-state index contributed by atoms with van der Waals surface area (Å²) in [6.07, 6.45) is 0. The van der Waals surface area contributed by atoms with Gasteiger partial charge in [0.25, 0.3) is 0 Å². The number of likely N-dealkylation sites (N-methyl/N-ethyl adjacent to an activating group) is 1. The van der Waals surface area contributed by atoms with Gasteiger partial charge in [0, 0.05) is 12.6 Å². The van der Waals surface area contributed by atoms with Crippen molar-refractivity contribution in [1.82, 2.24) is 4.90 Å². The number of furan rings is 1. The molecule has 1 aromatic rings. The SMILES string of the molecule is Cc1ccc(CN(C)C(CN)CO)o1. The zero-order valence-electron chi connectivity index (χ0n) is 8.73. The third kappa shape index (κ3) is 2.83. The van der Waals surface area contributed by atoms with Crippen molar-refractivity contribution in [3.8, 4) is 0 Å². The second kappa shape index (κ2) is 5.14. The van der Waals surface area contributed by atoms with Gasteiger partial charge in [-0.05, 0) is 26.1 Å². The van der Waals surface area contributed by atoms with E-state index in [1.54, 1.807) is 0 Å². The van der Waals surface area contributed by atoms with Crippen LogP contribution >= 0.6 is 0 Å². The van der Waals surface area contributed by atoms with E-state index in [-0.39, 0.29) is 12.6 Å². The molecule has 4 nitrogen and oxygen atoms in total.